The van der Waals surface area contributed by atoms with Gasteiger partial charge in [-0.1, -0.05) is 25.1 Å². The summed E-state index contributed by atoms with van der Waals surface area (Å²) in [5.74, 6) is -0.561. The molecule has 2 aromatic carbocycles. The minimum absolute atomic E-state index is 0.198. The van der Waals surface area contributed by atoms with Crippen LogP contribution in [0.1, 0.15) is 29.7 Å². The highest BCUT2D eigenvalue weighted by Gasteiger charge is 2.16. The van der Waals surface area contributed by atoms with Crippen LogP contribution in [0.4, 0.5) is 8.78 Å². The van der Waals surface area contributed by atoms with Crippen molar-refractivity contribution in [1.29, 1.82) is 0 Å². The molecule has 1 atom stereocenters. The normalized spacial score (nSPS) is 12.4. The van der Waals surface area contributed by atoms with E-state index in [0.717, 1.165) is 23.2 Å². The Morgan fingerprint density at radius 3 is 2.47 bits per heavy atom. The molecule has 0 aliphatic rings. The van der Waals surface area contributed by atoms with Crippen LogP contribution in [-0.2, 0) is 0 Å². The van der Waals surface area contributed by atoms with Crippen molar-refractivity contribution < 1.29 is 8.78 Å². The van der Waals surface area contributed by atoms with Crippen molar-refractivity contribution in [3.05, 3.63) is 70.8 Å². The number of rotatable bonds is 4. The van der Waals surface area contributed by atoms with Gasteiger partial charge in [0.2, 0.25) is 0 Å². The van der Waals surface area contributed by atoms with Crippen LogP contribution >= 0.6 is 0 Å². The molecule has 0 spiro atoms. The SMILES string of the molecule is CCNC(c1cccc(F)c1)c1cc(F)ccc1C. The van der Waals surface area contributed by atoms with Crippen LogP contribution in [0.15, 0.2) is 42.5 Å². The second-order valence-electron chi connectivity index (χ2n) is 4.55. The molecular weight excluding hydrogens is 244 g/mol. The molecule has 1 N–H and O–H groups in total. The van der Waals surface area contributed by atoms with Gasteiger partial charge in [0.15, 0.2) is 0 Å². The van der Waals surface area contributed by atoms with E-state index in [1.807, 2.05) is 19.9 Å². The van der Waals surface area contributed by atoms with Gasteiger partial charge in [-0.05, 0) is 54.4 Å². The number of benzene rings is 2. The maximum atomic E-state index is 13.4. The van der Waals surface area contributed by atoms with E-state index in [2.05, 4.69) is 5.32 Å². The van der Waals surface area contributed by atoms with E-state index < -0.39 is 0 Å². The lowest BCUT2D eigenvalue weighted by Gasteiger charge is -2.21. The van der Waals surface area contributed by atoms with Crippen molar-refractivity contribution in [3.8, 4) is 0 Å². The maximum Gasteiger partial charge on any atom is 0.123 e. The second kappa shape index (κ2) is 5.93. The smallest absolute Gasteiger partial charge is 0.123 e. The van der Waals surface area contributed by atoms with Gasteiger partial charge in [0.05, 0.1) is 6.04 Å². The number of nitrogens with one attached hydrogen (secondary N) is 1. The lowest BCUT2D eigenvalue weighted by atomic mass is 9.95. The van der Waals surface area contributed by atoms with Crippen LogP contribution in [0.5, 0.6) is 0 Å². The summed E-state index contributed by atoms with van der Waals surface area (Å²) >= 11 is 0. The zero-order valence-electron chi connectivity index (χ0n) is 11.1. The Kier molecular flexibility index (Phi) is 4.27. The van der Waals surface area contributed by atoms with Gasteiger partial charge in [-0.15, -0.1) is 0 Å². The predicted molar refractivity (Wildman–Crippen MR) is 73.1 cm³/mol. The topological polar surface area (TPSA) is 12.0 Å². The third-order valence-corrected chi connectivity index (χ3v) is 3.14. The molecule has 0 bridgehead atoms. The van der Waals surface area contributed by atoms with E-state index in [0.29, 0.717) is 0 Å². The van der Waals surface area contributed by atoms with E-state index in [-0.39, 0.29) is 17.7 Å². The molecule has 0 amide bonds. The Labute approximate surface area is 112 Å². The average molecular weight is 261 g/mol. The summed E-state index contributed by atoms with van der Waals surface area (Å²) in [6, 6.07) is 10.9. The highest BCUT2D eigenvalue weighted by Crippen LogP contribution is 2.26. The van der Waals surface area contributed by atoms with Crippen molar-refractivity contribution >= 4 is 0 Å². The molecule has 2 rings (SSSR count). The summed E-state index contributed by atoms with van der Waals surface area (Å²) in [5, 5.41) is 3.28. The van der Waals surface area contributed by atoms with E-state index in [4.69, 9.17) is 0 Å². The Morgan fingerprint density at radius 2 is 1.79 bits per heavy atom. The maximum absolute atomic E-state index is 13.4. The van der Waals surface area contributed by atoms with E-state index in [1.165, 1.54) is 24.3 Å². The van der Waals surface area contributed by atoms with Crippen LogP contribution in [0.3, 0.4) is 0 Å². The van der Waals surface area contributed by atoms with Gasteiger partial charge in [0.1, 0.15) is 11.6 Å². The summed E-state index contributed by atoms with van der Waals surface area (Å²) in [6.07, 6.45) is 0. The van der Waals surface area contributed by atoms with E-state index in [9.17, 15) is 8.78 Å². The molecule has 2 aromatic rings. The van der Waals surface area contributed by atoms with Crippen LogP contribution in [0.25, 0.3) is 0 Å². The molecule has 100 valence electrons. The molecule has 3 heteroatoms. The van der Waals surface area contributed by atoms with Gasteiger partial charge < -0.3 is 5.32 Å². The minimum Gasteiger partial charge on any atom is -0.307 e. The van der Waals surface area contributed by atoms with Crippen molar-refractivity contribution in [1.82, 2.24) is 5.32 Å². The fourth-order valence-electron chi connectivity index (χ4n) is 2.22. The van der Waals surface area contributed by atoms with E-state index >= 15 is 0 Å². The number of halogens is 2. The third-order valence-electron chi connectivity index (χ3n) is 3.14. The first-order valence-electron chi connectivity index (χ1n) is 6.36. The molecule has 0 saturated heterocycles. The van der Waals surface area contributed by atoms with Gasteiger partial charge >= 0.3 is 0 Å². The molecule has 0 radical (unpaired) electrons. The highest BCUT2D eigenvalue weighted by molar-refractivity contribution is 5.37. The van der Waals surface area contributed by atoms with Crippen molar-refractivity contribution in [3.63, 3.8) is 0 Å². The fraction of sp³-hybridized carbons (Fsp3) is 0.250. The summed E-state index contributed by atoms with van der Waals surface area (Å²) in [7, 11) is 0. The summed E-state index contributed by atoms with van der Waals surface area (Å²) in [6.45, 7) is 4.62. The quantitative estimate of drug-likeness (QED) is 0.878. The Bertz CT molecular complexity index is 566. The Balaban J connectivity index is 2.48. The summed E-state index contributed by atoms with van der Waals surface area (Å²) < 4.78 is 26.8. The fourth-order valence-corrected chi connectivity index (χ4v) is 2.22. The molecule has 0 aliphatic heterocycles. The first-order valence-corrected chi connectivity index (χ1v) is 6.36. The molecule has 0 fully saturated rings. The Morgan fingerprint density at radius 1 is 1.05 bits per heavy atom. The third kappa shape index (κ3) is 3.18. The molecule has 0 heterocycles. The monoisotopic (exact) mass is 261 g/mol. The zero-order valence-corrected chi connectivity index (χ0v) is 11.1. The molecule has 1 nitrogen and oxygen atoms in total. The van der Waals surface area contributed by atoms with Gasteiger partial charge in [-0.25, -0.2) is 8.78 Å². The standard InChI is InChI=1S/C16H17F2N/c1-3-19-16(12-5-4-6-13(17)9-12)15-10-14(18)8-7-11(15)2/h4-10,16,19H,3H2,1-2H3. The Hall–Kier alpha value is -1.74. The number of hydrogen-bond donors (Lipinski definition) is 1. The first kappa shape index (κ1) is 13.7. The summed E-state index contributed by atoms with van der Waals surface area (Å²) in [4.78, 5) is 0. The van der Waals surface area contributed by atoms with Crippen molar-refractivity contribution in [2.45, 2.75) is 19.9 Å². The van der Waals surface area contributed by atoms with Crippen LogP contribution in [-0.4, -0.2) is 6.54 Å². The molecule has 19 heavy (non-hydrogen) atoms. The van der Waals surface area contributed by atoms with Gasteiger partial charge in [0, 0.05) is 0 Å². The lowest BCUT2D eigenvalue weighted by Crippen LogP contribution is -2.23. The number of aryl methyl sites for hydroxylation is 1. The molecule has 0 aliphatic carbocycles. The molecule has 0 aromatic heterocycles. The second-order valence-corrected chi connectivity index (χ2v) is 4.55. The largest absolute Gasteiger partial charge is 0.307 e. The van der Waals surface area contributed by atoms with Gasteiger partial charge in [0.25, 0.3) is 0 Å². The van der Waals surface area contributed by atoms with Crippen LogP contribution < -0.4 is 5.32 Å². The van der Waals surface area contributed by atoms with Gasteiger partial charge in [-0.3, -0.25) is 0 Å². The van der Waals surface area contributed by atoms with Gasteiger partial charge in [-0.2, -0.15) is 0 Å². The molecular formula is C16H17F2N. The number of hydrogen-bond acceptors (Lipinski definition) is 1. The first-order chi connectivity index (χ1) is 9.11. The van der Waals surface area contributed by atoms with E-state index in [1.54, 1.807) is 12.1 Å². The predicted octanol–water partition coefficient (Wildman–Crippen LogP) is 3.97. The lowest BCUT2D eigenvalue weighted by molar-refractivity contribution is 0.591. The highest BCUT2D eigenvalue weighted by atomic mass is 19.1. The van der Waals surface area contributed by atoms with Crippen LogP contribution in [0, 0.1) is 18.6 Å². The zero-order chi connectivity index (χ0) is 13.8. The average Bonchev–Trinajstić information content (AvgIpc) is 2.39. The van der Waals surface area contributed by atoms with Crippen molar-refractivity contribution in [2.75, 3.05) is 6.54 Å². The molecule has 1 unspecified atom stereocenters. The van der Waals surface area contributed by atoms with Crippen molar-refractivity contribution in [2.24, 2.45) is 0 Å². The van der Waals surface area contributed by atoms with Crippen LogP contribution in [0.2, 0.25) is 0 Å². The minimum atomic E-state index is -0.283. The molecule has 0 saturated carbocycles. The summed E-state index contributed by atoms with van der Waals surface area (Å²) in [5.41, 5.74) is 2.62.